The first-order chi connectivity index (χ1) is 7.56. The van der Waals surface area contributed by atoms with Crippen LogP contribution in [0.1, 0.15) is 11.3 Å². The third-order valence-electron chi connectivity index (χ3n) is 2.30. The maximum Gasteiger partial charge on any atom is 0.130 e. The number of rotatable bonds is 2. The van der Waals surface area contributed by atoms with Crippen LogP contribution in [0.3, 0.4) is 0 Å². The molecule has 0 spiro atoms. The fourth-order valence-corrected chi connectivity index (χ4v) is 1.59. The van der Waals surface area contributed by atoms with Gasteiger partial charge in [-0.05, 0) is 19.1 Å². The van der Waals surface area contributed by atoms with Crippen molar-refractivity contribution in [3.8, 4) is 0 Å². The van der Waals surface area contributed by atoms with Gasteiger partial charge in [0, 0.05) is 17.4 Å². The van der Waals surface area contributed by atoms with Crippen molar-refractivity contribution >= 4 is 17.3 Å². The fraction of sp³-hybridized carbons (Fsp3) is 0.182. The van der Waals surface area contributed by atoms with Crippen LogP contribution in [0.5, 0.6) is 0 Å². The first-order valence-corrected chi connectivity index (χ1v) is 5.17. The normalized spacial score (nSPS) is 10.7. The highest BCUT2D eigenvalue weighted by atomic mass is 35.5. The summed E-state index contributed by atoms with van der Waals surface area (Å²) < 4.78 is 15.1. The summed E-state index contributed by atoms with van der Waals surface area (Å²) in [7, 11) is 0. The van der Waals surface area contributed by atoms with Crippen molar-refractivity contribution in [2.75, 3.05) is 5.73 Å². The summed E-state index contributed by atoms with van der Waals surface area (Å²) in [5, 5.41) is 4.74. The fourth-order valence-electron chi connectivity index (χ4n) is 1.44. The molecule has 0 amide bonds. The lowest BCUT2D eigenvalue weighted by atomic mass is 10.2. The Bertz CT molecular complexity index is 502. The van der Waals surface area contributed by atoms with E-state index in [0.29, 0.717) is 22.8 Å². The van der Waals surface area contributed by atoms with Gasteiger partial charge in [-0.1, -0.05) is 17.7 Å². The number of anilines is 1. The predicted molar refractivity (Wildman–Crippen MR) is 61.9 cm³/mol. The topological polar surface area (TPSA) is 43.8 Å². The number of hydrogen-bond acceptors (Lipinski definition) is 2. The molecule has 0 aliphatic carbocycles. The molecule has 3 nitrogen and oxygen atoms in total. The third kappa shape index (κ3) is 2.17. The van der Waals surface area contributed by atoms with Crippen LogP contribution in [0, 0.1) is 12.7 Å². The van der Waals surface area contributed by atoms with Crippen LogP contribution in [0.25, 0.3) is 0 Å². The van der Waals surface area contributed by atoms with Gasteiger partial charge in [0.05, 0.1) is 17.3 Å². The summed E-state index contributed by atoms with van der Waals surface area (Å²) in [5.74, 6) is -0.329. The zero-order valence-electron chi connectivity index (χ0n) is 8.74. The molecule has 2 N–H and O–H groups in total. The highest BCUT2D eigenvalue weighted by molar-refractivity contribution is 6.31. The van der Waals surface area contributed by atoms with Crippen molar-refractivity contribution in [1.82, 2.24) is 9.78 Å². The molecule has 0 radical (unpaired) electrons. The van der Waals surface area contributed by atoms with Gasteiger partial charge in [-0.25, -0.2) is 4.39 Å². The van der Waals surface area contributed by atoms with Crippen molar-refractivity contribution in [1.29, 1.82) is 0 Å². The van der Waals surface area contributed by atoms with E-state index in [9.17, 15) is 4.39 Å². The molecule has 2 rings (SSSR count). The van der Waals surface area contributed by atoms with Gasteiger partial charge in [-0.2, -0.15) is 5.10 Å². The van der Waals surface area contributed by atoms with Crippen LogP contribution in [0.4, 0.5) is 10.1 Å². The van der Waals surface area contributed by atoms with E-state index < -0.39 is 0 Å². The average molecular weight is 240 g/mol. The van der Waals surface area contributed by atoms with Gasteiger partial charge in [0.1, 0.15) is 5.82 Å². The van der Waals surface area contributed by atoms with Crippen molar-refractivity contribution in [2.24, 2.45) is 0 Å². The Labute approximate surface area is 97.6 Å². The highest BCUT2D eigenvalue weighted by Crippen LogP contribution is 2.16. The summed E-state index contributed by atoms with van der Waals surface area (Å²) in [5.41, 5.74) is 7.15. The number of nitrogens with two attached hydrogens (primary N) is 1. The minimum Gasteiger partial charge on any atom is -0.399 e. The Morgan fingerprint density at radius 1 is 1.50 bits per heavy atom. The molecule has 1 aromatic heterocycles. The highest BCUT2D eigenvalue weighted by Gasteiger charge is 2.06. The lowest BCUT2D eigenvalue weighted by Gasteiger charge is -2.04. The van der Waals surface area contributed by atoms with Crippen molar-refractivity contribution < 1.29 is 4.39 Å². The number of benzene rings is 1. The van der Waals surface area contributed by atoms with Crippen LogP contribution >= 0.6 is 11.6 Å². The summed E-state index contributed by atoms with van der Waals surface area (Å²) in [6, 6.07) is 4.61. The van der Waals surface area contributed by atoms with Gasteiger partial charge in [0.2, 0.25) is 0 Å². The molecule has 1 aromatic carbocycles. The number of nitrogens with zero attached hydrogens (tertiary/aromatic N) is 2. The van der Waals surface area contributed by atoms with E-state index in [1.807, 2.05) is 0 Å². The summed E-state index contributed by atoms with van der Waals surface area (Å²) in [4.78, 5) is 0. The molecule has 84 valence electrons. The summed E-state index contributed by atoms with van der Waals surface area (Å²) >= 11 is 5.86. The monoisotopic (exact) mass is 239 g/mol. The van der Waals surface area contributed by atoms with Gasteiger partial charge >= 0.3 is 0 Å². The molecule has 16 heavy (non-hydrogen) atoms. The van der Waals surface area contributed by atoms with Gasteiger partial charge < -0.3 is 5.73 Å². The molecule has 0 atom stereocenters. The van der Waals surface area contributed by atoms with E-state index >= 15 is 0 Å². The minimum atomic E-state index is -0.329. The molecule has 5 heteroatoms. The Morgan fingerprint density at radius 2 is 2.25 bits per heavy atom. The standard InChI is InChI=1S/C11H11ClFN3/c1-7-10(12)6-16(15-7)5-8-2-3-9(14)4-11(8)13/h2-4,6H,5,14H2,1H3. The second-order valence-corrected chi connectivity index (χ2v) is 4.02. The first-order valence-electron chi connectivity index (χ1n) is 4.79. The van der Waals surface area contributed by atoms with E-state index in [1.54, 1.807) is 29.9 Å². The van der Waals surface area contributed by atoms with E-state index in [1.165, 1.54) is 6.07 Å². The molecule has 0 unspecified atom stereocenters. The SMILES string of the molecule is Cc1nn(Cc2ccc(N)cc2F)cc1Cl. The minimum absolute atomic E-state index is 0.329. The van der Waals surface area contributed by atoms with E-state index in [-0.39, 0.29) is 5.82 Å². The Morgan fingerprint density at radius 3 is 2.81 bits per heavy atom. The van der Waals surface area contributed by atoms with E-state index in [0.717, 1.165) is 5.69 Å². The molecule has 2 aromatic rings. The molecule has 0 fully saturated rings. The molecule has 0 saturated heterocycles. The molecular weight excluding hydrogens is 229 g/mol. The Balaban J connectivity index is 2.27. The lowest BCUT2D eigenvalue weighted by Crippen LogP contribution is -2.03. The van der Waals surface area contributed by atoms with Crippen molar-refractivity contribution in [2.45, 2.75) is 13.5 Å². The molecule has 0 saturated carbocycles. The van der Waals surface area contributed by atoms with Gasteiger partial charge in [0.25, 0.3) is 0 Å². The maximum absolute atomic E-state index is 13.5. The van der Waals surface area contributed by atoms with Crippen LogP contribution in [-0.2, 0) is 6.54 Å². The van der Waals surface area contributed by atoms with Crippen LogP contribution < -0.4 is 5.73 Å². The molecule has 0 bridgehead atoms. The Hall–Kier alpha value is -1.55. The largest absolute Gasteiger partial charge is 0.399 e. The van der Waals surface area contributed by atoms with Crippen molar-refractivity contribution in [3.05, 3.63) is 46.5 Å². The van der Waals surface area contributed by atoms with Crippen molar-refractivity contribution in [3.63, 3.8) is 0 Å². The second-order valence-electron chi connectivity index (χ2n) is 3.61. The lowest BCUT2D eigenvalue weighted by molar-refractivity contribution is 0.584. The summed E-state index contributed by atoms with van der Waals surface area (Å²) in [6.45, 7) is 2.15. The molecule has 1 heterocycles. The van der Waals surface area contributed by atoms with Gasteiger partial charge in [-0.3, -0.25) is 4.68 Å². The maximum atomic E-state index is 13.5. The number of aryl methyl sites for hydroxylation is 1. The smallest absolute Gasteiger partial charge is 0.130 e. The first kappa shape index (κ1) is 11.0. The molecule has 0 aliphatic rings. The number of hydrogen-bond donors (Lipinski definition) is 1. The van der Waals surface area contributed by atoms with Crippen LogP contribution in [0.2, 0.25) is 5.02 Å². The summed E-state index contributed by atoms with van der Waals surface area (Å²) in [6.07, 6.45) is 1.67. The number of aromatic nitrogens is 2. The number of nitrogen functional groups attached to an aromatic ring is 1. The second kappa shape index (κ2) is 4.14. The zero-order chi connectivity index (χ0) is 11.7. The number of halogens is 2. The predicted octanol–water partition coefficient (Wildman–Crippen LogP) is 2.61. The van der Waals surface area contributed by atoms with E-state index in [4.69, 9.17) is 17.3 Å². The van der Waals surface area contributed by atoms with E-state index in [2.05, 4.69) is 5.10 Å². The Kier molecular flexibility index (Phi) is 2.83. The average Bonchev–Trinajstić information content (AvgIpc) is 2.51. The zero-order valence-corrected chi connectivity index (χ0v) is 9.50. The quantitative estimate of drug-likeness (QED) is 0.819. The van der Waals surface area contributed by atoms with Gasteiger partial charge in [-0.15, -0.1) is 0 Å². The molecular formula is C11H11ClFN3. The van der Waals surface area contributed by atoms with Crippen LogP contribution in [0.15, 0.2) is 24.4 Å². The third-order valence-corrected chi connectivity index (χ3v) is 2.67. The molecule has 0 aliphatic heterocycles. The van der Waals surface area contributed by atoms with Crippen LogP contribution in [-0.4, -0.2) is 9.78 Å². The van der Waals surface area contributed by atoms with Gasteiger partial charge in [0.15, 0.2) is 0 Å².